The number of carbonyl (C=O) groups excluding carboxylic acids is 2. The molecule has 1 heterocycles. The first kappa shape index (κ1) is 21.6. The fourth-order valence-corrected chi connectivity index (χ4v) is 3.64. The number of ether oxygens (including phenoxy) is 1. The lowest BCUT2D eigenvalue weighted by atomic mass is 9.95. The van der Waals surface area contributed by atoms with E-state index in [4.69, 9.17) is 4.74 Å². The van der Waals surface area contributed by atoms with Crippen LogP contribution in [-0.4, -0.2) is 53.8 Å². The molecule has 0 bridgehead atoms. The highest BCUT2D eigenvalue weighted by molar-refractivity contribution is 6.08. The molecule has 0 fully saturated rings. The van der Waals surface area contributed by atoms with Crippen molar-refractivity contribution < 1.29 is 19.4 Å². The molecule has 0 saturated heterocycles. The summed E-state index contributed by atoms with van der Waals surface area (Å²) in [6.07, 6.45) is 0.950. The highest BCUT2D eigenvalue weighted by Gasteiger charge is 2.42. The number of benzene rings is 2. The van der Waals surface area contributed by atoms with Crippen molar-refractivity contribution in [1.82, 2.24) is 9.80 Å². The smallest absolute Gasteiger partial charge is 0.290 e. The Bertz CT molecular complexity index is 937. The van der Waals surface area contributed by atoms with Gasteiger partial charge in [-0.05, 0) is 56.9 Å². The molecule has 0 radical (unpaired) electrons. The van der Waals surface area contributed by atoms with Gasteiger partial charge in [0, 0.05) is 13.0 Å². The second-order valence-corrected chi connectivity index (χ2v) is 7.58. The van der Waals surface area contributed by atoms with E-state index in [9.17, 15) is 14.7 Å². The number of nitrogens with zero attached hydrogens (tertiary/aromatic N) is 2. The summed E-state index contributed by atoms with van der Waals surface area (Å²) in [6.45, 7) is 2.97. The molecule has 1 amide bonds. The standard InChI is InChI=1S/C24H28N2O4/c1-4-20(27)21-22(26(24(29)23(21)28)15-9-14-25(2)3)17-10-8-13-19(16-17)30-18-11-6-5-7-12-18/h5-8,10-13,16,22,28H,4,9,14-15H2,1-3H3. The van der Waals surface area contributed by atoms with Crippen molar-refractivity contribution in [3.8, 4) is 11.5 Å². The zero-order valence-corrected chi connectivity index (χ0v) is 17.7. The Morgan fingerprint density at radius 2 is 1.80 bits per heavy atom. The van der Waals surface area contributed by atoms with E-state index in [-0.39, 0.29) is 17.8 Å². The number of aliphatic hydroxyl groups excluding tert-OH is 1. The summed E-state index contributed by atoms with van der Waals surface area (Å²) >= 11 is 0. The third-order valence-corrected chi connectivity index (χ3v) is 5.08. The average Bonchev–Trinajstić information content (AvgIpc) is 2.99. The van der Waals surface area contributed by atoms with E-state index in [0.29, 0.717) is 18.0 Å². The Balaban J connectivity index is 1.94. The Kier molecular flexibility index (Phi) is 6.90. The van der Waals surface area contributed by atoms with Crippen LogP contribution in [-0.2, 0) is 9.59 Å². The number of rotatable bonds is 9. The summed E-state index contributed by atoms with van der Waals surface area (Å²) in [7, 11) is 3.94. The topological polar surface area (TPSA) is 70.1 Å². The number of carbonyl (C=O) groups is 2. The van der Waals surface area contributed by atoms with E-state index in [2.05, 4.69) is 0 Å². The van der Waals surface area contributed by atoms with Crippen molar-refractivity contribution in [3.63, 3.8) is 0 Å². The molecule has 0 aromatic heterocycles. The summed E-state index contributed by atoms with van der Waals surface area (Å²) in [6, 6.07) is 16.1. The maximum atomic E-state index is 12.8. The van der Waals surface area contributed by atoms with E-state index in [1.54, 1.807) is 11.8 Å². The van der Waals surface area contributed by atoms with Crippen LogP contribution < -0.4 is 4.74 Å². The monoisotopic (exact) mass is 408 g/mol. The van der Waals surface area contributed by atoms with Crippen LogP contribution in [0, 0.1) is 0 Å². The summed E-state index contributed by atoms with van der Waals surface area (Å²) in [5.74, 6) is 0.142. The zero-order valence-electron chi connectivity index (χ0n) is 17.7. The minimum Gasteiger partial charge on any atom is -0.503 e. The van der Waals surface area contributed by atoms with Crippen molar-refractivity contribution in [2.45, 2.75) is 25.8 Å². The number of hydrogen-bond acceptors (Lipinski definition) is 5. The summed E-state index contributed by atoms with van der Waals surface area (Å²) in [5, 5.41) is 10.5. The summed E-state index contributed by atoms with van der Waals surface area (Å²) < 4.78 is 5.93. The minimum absolute atomic E-state index is 0.171. The Morgan fingerprint density at radius 1 is 1.10 bits per heavy atom. The van der Waals surface area contributed by atoms with Crippen LogP contribution in [0.1, 0.15) is 31.4 Å². The Morgan fingerprint density at radius 3 is 2.47 bits per heavy atom. The molecular formula is C24H28N2O4. The van der Waals surface area contributed by atoms with E-state index in [0.717, 1.165) is 18.5 Å². The summed E-state index contributed by atoms with van der Waals surface area (Å²) in [4.78, 5) is 29.0. The van der Waals surface area contributed by atoms with Crippen molar-refractivity contribution in [1.29, 1.82) is 0 Å². The highest BCUT2D eigenvalue weighted by Crippen LogP contribution is 2.39. The third kappa shape index (κ3) is 4.71. The van der Waals surface area contributed by atoms with Crippen LogP contribution in [0.25, 0.3) is 0 Å². The molecule has 0 aliphatic carbocycles. The van der Waals surface area contributed by atoms with Crippen molar-refractivity contribution in [2.24, 2.45) is 0 Å². The van der Waals surface area contributed by atoms with Gasteiger partial charge in [-0.1, -0.05) is 37.3 Å². The van der Waals surface area contributed by atoms with Gasteiger partial charge in [0.15, 0.2) is 11.5 Å². The normalized spacial score (nSPS) is 16.5. The number of aliphatic hydroxyl groups is 1. The van der Waals surface area contributed by atoms with E-state index in [1.807, 2.05) is 73.6 Å². The van der Waals surface area contributed by atoms with Crippen LogP contribution in [0.5, 0.6) is 11.5 Å². The number of ketones is 1. The van der Waals surface area contributed by atoms with Crippen LogP contribution in [0.2, 0.25) is 0 Å². The zero-order chi connectivity index (χ0) is 21.7. The lowest BCUT2D eigenvalue weighted by Crippen LogP contribution is -2.33. The van der Waals surface area contributed by atoms with E-state index < -0.39 is 17.7 Å². The Hall–Kier alpha value is -3.12. The lowest BCUT2D eigenvalue weighted by Gasteiger charge is -2.27. The van der Waals surface area contributed by atoms with Gasteiger partial charge in [-0.2, -0.15) is 0 Å². The minimum atomic E-state index is -0.619. The molecule has 2 aromatic rings. The number of Topliss-reactive ketones (excluding diaryl/α,β-unsaturated/α-hetero) is 1. The number of amides is 1. The lowest BCUT2D eigenvalue weighted by molar-refractivity contribution is -0.129. The fourth-order valence-electron chi connectivity index (χ4n) is 3.64. The number of hydrogen-bond donors (Lipinski definition) is 1. The molecule has 6 nitrogen and oxygen atoms in total. The fraction of sp³-hybridized carbons (Fsp3) is 0.333. The molecule has 1 atom stereocenters. The van der Waals surface area contributed by atoms with Gasteiger partial charge < -0.3 is 19.6 Å². The molecule has 30 heavy (non-hydrogen) atoms. The highest BCUT2D eigenvalue weighted by atomic mass is 16.5. The van der Waals surface area contributed by atoms with Gasteiger partial charge in [0.2, 0.25) is 0 Å². The maximum Gasteiger partial charge on any atom is 0.290 e. The van der Waals surface area contributed by atoms with Gasteiger partial charge in [-0.15, -0.1) is 0 Å². The van der Waals surface area contributed by atoms with Gasteiger partial charge in [0.05, 0.1) is 11.6 Å². The number of para-hydroxylation sites is 1. The average molecular weight is 408 g/mol. The largest absolute Gasteiger partial charge is 0.503 e. The molecule has 1 aliphatic rings. The molecule has 1 N–H and O–H groups in total. The van der Waals surface area contributed by atoms with Gasteiger partial charge in [0.25, 0.3) is 5.91 Å². The molecular weight excluding hydrogens is 380 g/mol. The van der Waals surface area contributed by atoms with Crippen LogP contribution in [0.15, 0.2) is 65.9 Å². The third-order valence-electron chi connectivity index (χ3n) is 5.08. The molecule has 0 spiro atoms. The van der Waals surface area contributed by atoms with Crippen LogP contribution in [0.4, 0.5) is 0 Å². The predicted octanol–water partition coefficient (Wildman–Crippen LogP) is 4.11. The van der Waals surface area contributed by atoms with Gasteiger partial charge in [-0.25, -0.2) is 0 Å². The molecule has 3 rings (SSSR count). The first-order valence-electron chi connectivity index (χ1n) is 10.2. The van der Waals surface area contributed by atoms with Crippen molar-refractivity contribution >= 4 is 11.7 Å². The van der Waals surface area contributed by atoms with Crippen molar-refractivity contribution in [3.05, 3.63) is 71.5 Å². The van der Waals surface area contributed by atoms with E-state index >= 15 is 0 Å². The van der Waals surface area contributed by atoms with Gasteiger partial charge >= 0.3 is 0 Å². The SMILES string of the molecule is CCC(=O)C1=C(O)C(=O)N(CCCN(C)C)C1c1cccc(Oc2ccccc2)c1. The maximum absolute atomic E-state index is 12.8. The quantitative estimate of drug-likeness (QED) is 0.676. The Labute approximate surface area is 177 Å². The van der Waals surface area contributed by atoms with Crippen molar-refractivity contribution in [2.75, 3.05) is 27.2 Å². The first-order valence-corrected chi connectivity index (χ1v) is 10.2. The van der Waals surface area contributed by atoms with Gasteiger partial charge in [0.1, 0.15) is 11.5 Å². The van der Waals surface area contributed by atoms with E-state index in [1.165, 1.54) is 0 Å². The molecule has 158 valence electrons. The second-order valence-electron chi connectivity index (χ2n) is 7.58. The summed E-state index contributed by atoms with van der Waals surface area (Å²) in [5.41, 5.74) is 0.909. The first-order chi connectivity index (χ1) is 14.4. The molecule has 1 unspecified atom stereocenters. The van der Waals surface area contributed by atoms with Crippen LogP contribution >= 0.6 is 0 Å². The molecule has 2 aromatic carbocycles. The molecule has 1 aliphatic heterocycles. The van der Waals surface area contributed by atoms with Crippen LogP contribution in [0.3, 0.4) is 0 Å². The van der Waals surface area contributed by atoms with Gasteiger partial charge in [-0.3, -0.25) is 9.59 Å². The molecule has 6 heteroatoms. The second kappa shape index (κ2) is 9.59. The molecule has 0 saturated carbocycles. The predicted molar refractivity (Wildman–Crippen MR) is 116 cm³/mol.